The van der Waals surface area contributed by atoms with Gasteiger partial charge in [-0.15, -0.1) is 10.2 Å². The number of nitrogens with two attached hydrogens (primary N) is 1. The molecule has 3 N–H and O–H groups in total. The highest BCUT2D eigenvalue weighted by atomic mass is 32.1. The summed E-state index contributed by atoms with van der Waals surface area (Å²) in [4.78, 5) is 2.35. The Hall–Kier alpha value is -2.28. The van der Waals surface area contributed by atoms with Crippen LogP contribution in [0.5, 0.6) is 0 Å². The lowest BCUT2D eigenvalue weighted by atomic mass is 10.1. The molecule has 1 heterocycles. The van der Waals surface area contributed by atoms with Gasteiger partial charge >= 0.3 is 0 Å². The predicted molar refractivity (Wildman–Crippen MR) is 93.6 cm³/mol. The number of nitrogen functional groups attached to an aromatic ring is 1. The molecule has 3 rings (SSSR count). The first kappa shape index (κ1) is 15.6. The number of nitrogens with one attached hydrogen (secondary N) is 1. The van der Waals surface area contributed by atoms with Crippen molar-refractivity contribution in [2.75, 3.05) is 5.43 Å². The van der Waals surface area contributed by atoms with Crippen molar-refractivity contribution in [3.05, 3.63) is 76.8 Å². The van der Waals surface area contributed by atoms with E-state index in [0.29, 0.717) is 5.13 Å². The minimum absolute atomic E-state index is 0.638. The number of benzene rings is 2. The number of rotatable bonds is 7. The molecule has 0 fully saturated rings. The maximum absolute atomic E-state index is 5.39. The first-order valence-corrected chi connectivity index (χ1v) is 8.24. The Morgan fingerprint density at radius 3 is 1.87 bits per heavy atom. The van der Waals surface area contributed by atoms with Crippen molar-refractivity contribution in [2.24, 2.45) is 5.84 Å². The smallest absolute Gasteiger partial charge is 0.219 e. The van der Waals surface area contributed by atoms with Crippen LogP contribution in [0.1, 0.15) is 16.1 Å². The van der Waals surface area contributed by atoms with Crippen molar-refractivity contribution < 1.29 is 0 Å². The number of hydrogen-bond donors (Lipinski definition) is 2. The second kappa shape index (κ2) is 7.82. The minimum Gasteiger partial charge on any atom is -0.298 e. The van der Waals surface area contributed by atoms with Gasteiger partial charge in [-0.1, -0.05) is 72.0 Å². The normalized spacial score (nSPS) is 10.9. The summed E-state index contributed by atoms with van der Waals surface area (Å²) in [5.41, 5.74) is 5.11. The molecule has 0 unspecified atom stereocenters. The number of aromatic nitrogens is 2. The molecule has 0 saturated carbocycles. The average molecular weight is 325 g/mol. The van der Waals surface area contributed by atoms with E-state index in [0.717, 1.165) is 24.6 Å². The highest BCUT2D eigenvalue weighted by molar-refractivity contribution is 7.15. The van der Waals surface area contributed by atoms with Gasteiger partial charge in [-0.05, 0) is 11.1 Å². The van der Waals surface area contributed by atoms with E-state index in [2.05, 4.69) is 69.1 Å². The fraction of sp³-hybridized carbons (Fsp3) is 0.176. The van der Waals surface area contributed by atoms with E-state index in [1.54, 1.807) is 0 Å². The van der Waals surface area contributed by atoms with Crippen LogP contribution < -0.4 is 11.3 Å². The third kappa shape index (κ3) is 4.59. The van der Waals surface area contributed by atoms with Crippen molar-refractivity contribution >= 4 is 16.5 Å². The fourth-order valence-corrected chi connectivity index (χ4v) is 3.11. The summed E-state index contributed by atoms with van der Waals surface area (Å²) < 4.78 is 0. The van der Waals surface area contributed by atoms with Crippen molar-refractivity contribution in [2.45, 2.75) is 19.6 Å². The highest BCUT2D eigenvalue weighted by Gasteiger charge is 2.11. The van der Waals surface area contributed by atoms with Gasteiger partial charge in [0, 0.05) is 13.1 Å². The van der Waals surface area contributed by atoms with Gasteiger partial charge in [-0.25, -0.2) is 5.84 Å². The summed E-state index contributed by atoms with van der Waals surface area (Å²) in [7, 11) is 0. The van der Waals surface area contributed by atoms with E-state index >= 15 is 0 Å². The van der Waals surface area contributed by atoms with E-state index in [-0.39, 0.29) is 0 Å². The highest BCUT2D eigenvalue weighted by Crippen LogP contribution is 2.18. The molecule has 0 aliphatic heterocycles. The van der Waals surface area contributed by atoms with Crippen LogP contribution in [0.25, 0.3) is 0 Å². The Morgan fingerprint density at radius 2 is 1.39 bits per heavy atom. The summed E-state index contributed by atoms with van der Waals surface area (Å²) >= 11 is 1.48. The molecule has 0 saturated heterocycles. The molecule has 6 heteroatoms. The molecule has 0 bridgehead atoms. The second-order valence-corrected chi connectivity index (χ2v) is 6.32. The molecular weight excluding hydrogens is 306 g/mol. The van der Waals surface area contributed by atoms with Gasteiger partial charge in [0.25, 0.3) is 0 Å². The predicted octanol–water partition coefficient (Wildman–Crippen LogP) is 3.03. The number of anilines is 1. The van der Waals surface area contributed by atoms with Crippen LogP contribution in [0, 0.1) is 0 Å². The van der Waals surface area contributed by atoms with Crippen molar-refractivity contribution in [1.29, 1.82) is 0 Å². The van der Waals surface area contributed by atoms with E-state index in [9.17, 15) is 0 Å². The SMILES string of the molecule is NNc1nnc(CN(Cc2ccccc2)Cc2ccccc2)s1. The molecule has 2 aromatic carbocycles. The van der Waals surface area contributed by atoms with Crippen LogP contribution in [-0.2, 0) is 19.6 Å². The first-order chi connectivity index (χ1) is 11.3. The lowest BCUT2D eigenvalue weighted by Gasteiger charge is -2.21. The van der Waals surface area contributed by atoms with Gasteiger partial charge in [0.2, 0.25) is 5.13 Å². The Balaban J connectivity index is 1.74. The lowest BCUT2D eigenvalue weighted by molar-refractivity contribution is 0.247. The van der Waals surface area contributed by atoms with Gasteiger partial charge in [-0.3, -0.25) is 10.3 Å². The summed E-state index contributed by atoms with van der Waals surface area (Å²) in [5, 5.41) is 9.79. The Morgan fingerprint density at radius 1 is 0.826 bits per heavy atom. The van der Waals surface area contributed by atoms with Gasteiger partial charge in [0.05, 0.1) is 6.54 Å². The van der Waals surface area contributed by atoms with Crippen LogP contribution in [0.4, 0.5) is 5.13 Å². The van der Waals surface area contributed by atoms with Crippen LogP contribution in [-0.4, -0.2) is 15.1 Å². The van der Waals surface area contributed by atoms with E-state index in [4.69, 9.17) is 5.84 Å². The third-order valence-electron chi connectivity index (χ3n) is 3.45. The molecule has 0 radical (unpaired) electrons. The zero-order valence-corrected chi connectivity index (χ0v) is 13.5. The Kier molecular flexibility index (Phi) is 5.31. The zero-order valence-electron chi connectivity index (χ0n) is 12.7. The molecule has 0 atom stereocenters. The quantitative estimate of drug-likeness (QED) is 0.516. The Labute approximate surface area is 139 Å². The Bertz CT molecular complexity index is 673. The van der Waals surface area contributed by atoms with Gasteiger partial charge in [0.1, 0.15) is 5.01 Å². The second-order valence-electron chi connectivity index (χ2n) is 5.26. The summed E-state index contributed by atoms with van der Waals surface area (Å²) in [6, 6.07) is 20.9. The van der Waals surface area contributed by atoms with Crippen LogP contribution in [0.15, 0.2) is 60.7 Å². The molecular formula is C17H19N5S. The van der Waals surface area contributed by atoms with E-state index in [1.165, 1.54) is 22.5 Å². The number of hydrogen-bond acceptors (Lipinski definition) is 6. The molecule has 0 spiro atoms. The van der Waals surface area contributed by atoms with Crippen molar-refractivity contribution in [3.63, 3.8) is 0 Å². The molecule has 0 aliphatic rings. The van der Waals surface area contributed by atoms with Crippen molar-refractivity contribution in [1.82, 2.24) is 15.1 Å². The summed E-state index contributed by atoms with van der Waals surface area (Å²) in [6.45, 7) is 2.46. The molecule has 3 aromatic rings. The summed E-state index contributed by atoms with van der Waals surface area (Å²) in [6.07, 6.45) is 0. The van der Waals surface area contributed by atoms with E-state index in [1.807, 2.05) is 12.1 Å². The van der Waals surface area contributed by atoms with Gasteiger partial charge in [0.15, 0.2) is 0 Å². The molecule has 1 aromatic heterocycles. The molecule has 0 amide bonds. The monoisotopic (exact) mass is 325 g/mol. The molecule has 118 valence electrons. The van der Waals surface area contributed by atoms with Crippen LogP contribution in [0.3, 0.4) is 0 Å². The minimum atomic E-state index is 0.638. The van der Waals surface area contributed by atoms with Gasteiger partial charge < -0.3 is 0 Å². The van der Waals surface area contributed by atoms with Crippen LogP contribution in [0.2, 0.25) is 0 Å². The van der Waals surface area contributed by atoms with Gasteiger partial charge in [-0.2, -0.15) is 0 Å². The maximum Gasteiger partial charge on any atom is 0.219 e. The molecule has 0 aliphatic carbocycles. The lowest BCUT2D eigenvalue weighted by Crippen LogP contribution is -2.22. The topological polar surface area (TPSA) is 67.1 Å². The summed E-state index contributed by atoms with van der Waals surface area (Å²) in [5.74, 6) is 5.39. The molecule has 23 heavy (non-hydrogen) atoms. The molecule has 5 nitrogen and oxygen atoms in total. The standard InChI is InChI=1S/C17H19N5S/c18-19-17-21-20-16(23-17)13-22(11-14-7-3-1-4-8-14)12-15-9-5-2-6-10-15/h1-10H,11-13,18H2,(H,19,21). The van der Waals surface area contributed by atoms with E-state index < -0.39 is 0 Å². The number of nitrogens with zero attached hydrogens (tertiary/aromatic N) is 3. The fourth-order valence-electron chi connectivity index (χ4n) is 2.42. The average Bonchev–Trinajstić information content (AvgIpc) is 3.04. The largest absolute Gasteiger partial charge is 0.298 e. The third-order valence-corrected chi connectivity index (χ3v) is 4.29. The number of hydrazine groups is 1. The zero-order chi connectivity index (χ0) is 15.9. The first-order valence-electron chi connectivity index (χ1n) is 7.42. The van der Waals surface area contributed by atoms with Crippen molar-refractivity contribution in [3.8, 4) is 0 Å². The maximum atomic E-state index is 5.39. The van der Waals surface area contributed by atoms with Crippen LogP contribution >= 0.6 is 11.3 Å².